The summed E-state index contributed by atoms with van der Waals surface area (Å²) in [6, 6.07) is 8.14. The van der Waals surface area contributed by atoms with Crippen molar-refractivity contribution in [3.8, 4) is 5.75 Å². The molecule has 0 bridgehead atoms. The molecule has 1 N–H and O–H groups in total. The van der Waals surface area contributed by atoms with E-state index >= 15 is 0 Å². The molecule has 16 heavy (non-hydrogen) atoms. The molecule has 0 fully saturated rings. The Balaban J connectivity index is 0.000000386. The Morgan fingerprint density at radius 2 is 2.06 bits per heavy atom. The van der Waals surface area contributed by atoms with Crippen LogP contribution in [0.1, 0.15) is 13.3 Å². The average molecular weight is 219 g/mol. The van der Waals surface area contributed by atoms with Gasteiger partial charge in [0.1, 0.15) is 5.75 Å². The van der Waals surface area contributed by atoms with Crippen LogP contribution in [0.3, 0.4) is 0 Å². The van der Waals surface area contributed by atoms with E-state index in [0.717, 1.165) is 24.3 Å². The van der Waals surface area contributed by atoms with E-state index in [2.05, 4.69) is 18.0 Å². The Bertz CT molecular complexity index is 470. The van der Waals surface area contributed by atoms with Crippen molar-refractivity contribution >= 4 is 17.1 Å². The Kier molecular flexibility index (Phi) is 4.83. The van der Waals surface area contributed by atoms with Crippen molar-refractivity contribution in [1.82, 2.24) is 4.98 Å². The molecule has 0 aliphatic rings. The normalized spacial score (nSPS) is 9.06. The lowest BCUT2D eigenvalue weighted by Crippen LogP contribution is -1.94. The molecule has 4 nitrogen and oxygen atoms in total. The summed E-state index contributed by atoms with van der Waals surface area (Å²) in [6.45, 7) is 2.89. The molecular weight excluding hydrogens is 206 g/mol. The minimum absolute atomic E-state index is 0.250. The third-order valence-electron chi connectivity index (χ3n) is 2.00. The third-order valence-corrected chi connectivity index (χ3v) is 2.00. The zero-order chi connectivity index (χ0) is 11.8. The van der Waals surface area contributed by atoms with E-state index in [1.807, 2.05) is 24.4 Å². The summed E-state index contributed by atoms with van der Waals surface area (Å²) in [5.41, 5.74) is 1.16. The van der Waals surface area contributed by atoms with Crippen LogP contribution < -0.4 is 4.74 Å². The summed E-state index contributed by atoms with van der Waals surface area (Å²) in [7, 11) is 0. The highest BCUT2D eigenvalue weighted by Gasteiger charge is 1.96. The van der Waals surface area contributed by atoms with Crippen LogP contribution in [0, 0.1) is 0 Å². The van der Waals surface area contributed by atoms with Gasteiger partial charge in [-0.25, -0.2) is 0 Å². The second kappa shape index (κ2) is 6.43. The topological polar surface area (TPSA) is 59.2 Å². The average Bonchev–Trinajstić information content (AvgIpc) is 2.74. The molecule has 0 aliphatic carbocycles. The summed E-state index contributed by atoms with van der Waals surface area (Å²) in [4.78, 5) is 19.4. The first-order valence-corrected chi connectivity index (χ1v) is 5.01. The van der Waals surface area contributed by atoms with Crippen LogP contribution in [0.25, 0.3) is 10.9 Å². The molecule has 0 saturated heterocycles. The molecule has 0 aliphatic heterocycles. The van der Waals surface area contributed by atoms with Gasteiger partial charge in [-0.05, 0) is 30.7 Å². The van der Waals surface area contributed by atoms with Crippen molar-refractivity contribution in [2.24, 2.45) is 0 Å². The molecular formula is C12H13NO3. The molecule has 1 aromatic carbocycles. The Morgan fingerprint density at radius 1 is 1.31 bits per heavy atom. The number of hydrogen-bond acceptors (Lipinski definition) is 3. The van der Waals surface area contributed by atoms with Gasteiger partial charge in [-0.3, -0.25) is 0 Å². The number of aromatic nitrogens is 1. The van der Waals surface area contributed by atoms with E-state index in [0.29, 0.717) is 0 Å². The molecule has 1 heterocycles. The van der Waals surface area contributed by atoms with Gasteiger partial charge in [0, 0.05) is 17.1 Å². The van der Waals surface area contributed by atoms with Crippen molar-refractivity contribution in [3.63, 3.8) is 0 Å². The van der Waals surface area contributed by atoms with Crippen molar-refractivity contribution in [2.45, 2.75) is 13.3 Å². The fourth-order valence-corrected chi connectivity index (χ4v) is 1.34. The van der Waals surface area contributed by atoms with Crippen LogP contribution in [0.15, 0.2) is 30.5 Å². The minimum Gasteiger partial charge on any atom is -0.494 e. The molecule has 0 atom stereocenters. The lowest BCUT2D eigenvalue weighted by molar-refractivity contribution is -0.191. The predicted octanol–water partition coefficient (Wildman–Crippen LogP) is 2.37. The summed E-state index contributed by atoms with van der Waals surface area (Å²) < 4.78 is 5.52. The maximum atomic E-state index is 8.12. The van der Waals surface area contributed by atoms with Crippen molar-refractivity contribution in [3.05, 3.63) is 30.5 Å². The quantitative estimate of drug-likeness (QED) is 0.862. The molecule has 0 spiro atoms. The molecule has 0 radical (unpaired) electrons. The Morgan fingerprint density at radius 3 is 2.75 bits per heavy atom. The number of rotatable bonds is 3. The predicted molar refractivity (Wildman–Crippen MR) is 59.1 cm³/mol. The lowest BCUT2D eigenvalue weighted by atomic mass is 10.2. The van der Waals surface area contributed by atoms with E-state index in [9.17, 15) is 0 Å². The van der Waals surface area contributed by atoms with Crippen LogP contribution in [0.4, 0.5) is 0 Å². The molecule has 2 rings (SSSR count). The summed E-state index contributed by atoms with van der Waals surface area (Å²) in [5.74, 6) is 0.953. The lowest BCUT2D eigenvalue weighted by Gasteiger charge is -2.03. The first-order valence-electron chi connectivity index (χ1n) is 5.01. The van der Waals surface area contributed by atoms with Crippen LogP contribution in [0.2, 0.25) is 0 Å². The monoisotopic (exact) mass is 219 g/mol. The van der Waals surface area contributed by atoms with Gasteiger partial charge in [-0.2, -0.15) is 9.59 Å². The first kappa shape index (κ1) is 12.0. The maximum Gasteiger partial charge on any atom is 0.373 e. The summed E-state index contributed by atoms with van der Waals surface area (Å²) in [6.07, 6.45) is 3.24. The third kappa shape index (κ3) is 3.26. The maximum absolute atomic E-state index is 8.12. The number of benzene rings is 1. The number of nitrogens with one attached hydrogen (secondary N) is 1. The number of aromatic amines is 1. The van der Waals surface area contributed by atoms with E-state index in [1.165, 1.54) is 5.39 Å². The fourth-order valence-electron chi connectivity index (χ4n) is 1.34. The van der Waals surface area contributed by atoms with Crippen LogP contribution in [-0.4, -0.2) is 17.7 Å². The van der Waals surface area contributed by atoms with Crippen molar-refractivity contribution in [1.29, 1.82) is 0 Å². The Hall–Kier alpha value is -2.06. The van der Waals surface area contributed by atoms with Crippen LogP contribution in [-0.2, 0) is 9.59 Å². The van der Waals surface area contributed by atoms with Gasteiger partial charge >= 0.3 is 6.15 Å². The number of fused-ring (bicyclic) bond motifs is 1. The fraction of sp³-hybridized carbons (Fsp3) is 0.250. The van der Waals surface area contributed by atoms with Crippen LogP contribution in [0.5, 0.6) is 5.75 Å². The van der Waals surface area contributed by atoms with Gasteiger partial charge < -0.3 is 9.72 Å². The smallest absolute Gasteiger partial charge is 0.373 e. The molecule has 2 aromatic rings. The largest absolute Gasteiger partial charge is 0.494 e. The zero-order valence-corrected chi connectivity index (χ0v) is 9.03. The van der Waals surface area contributed by atoms with Crippen molar-refractivity contribution in [2.75, 3.05) is 6.61 Å². The number of H-pyrrole nitrogens is 1. The van der Waals surface area contributed by atoms with E-state index < -0.39 is 0 Å². The van der Waals surface area contributed by atoms with Gasteiger partial charge in [0.05, 0.1) is 6.61 Å². The molecule has 0 amide bonds. The van der Waals surface area contributed by atoms with Gasteiger partial charge in [0.2, 0.25) is 0 Å². The Labute approximate surface area is 93.2 Å². The molecule has 4 heteroatoms. The highest BCUT2D eigenvalue weighted by molar-refractivity contribution is 5.80. The van der Waals surface area contributed by atoms with Gasteiger partial charge in [0.25, 0.3) is 0 Å². The number of ether oxygens (including phenoxy) is 1. The van der Waals surface area contributed by atoms with Crippen LogP contribution >= 0.6 is 0 Å². The highest BCUT2D eigenvalue weighted by Crippen LogP contribution is 2.19. The SMILES string of the molecule is CCCOc1ccc2[nH]ccc2c1.O=C=O. The first-order chi connectivity index (χ1) is 7.81. The van der Waals surface area contributed by atoms with Crippen molar-refractivity contribution < 1.29 is 14.3 Å². The standard InChI is InChI=1S/C11H13NO.CO2/c1-2-7-13-10-3-4-11-9(8-10)5-6-12-11;2-1-3/h3-6,8,12H,2,7H2,1H3;. The second-order valence-corrected chi connectivity index (χ2v) is 3.16. The molecule has 0 saturated carbocycles. The van der Waals surface area contributed by atoms with Gasteiger partial charge in [0.15, 0.2) is 0 Å². The molecule has 0 unspecified atom stereocenters. The zero-order valence-electron chi connectivity index (χ0n) is 9.03. The summed E-state index contributed by atoms with van der Waals surface area (Å²) >= 11 is 0. The number of carbonyl (C=O) groups excluding carboxylic acids is 2. The highest BCUT2D eigenvalue weighted by atomic mass is 16.5. The number of hydrogen-bond donors (Lipinski definition) is 1. The van der Waals surface area contributed by atoms with Gasteiger partial charge in [-0.1, -0.05) is 6.92 Å². The minimum atomic E-state index is 0.250. The van der Waals surface area contributed by atoms with E-state index in [4.69, 9.17) is 14.3 Å². The molecule has 1 aromatic heterocycles. The van der Waals surface area contributed by atoms with E-state index in [-0.39, 0.29) is 6.15 Å². The molecule has 84 valence electrons. The second-order valence-electron chi connectivity index (χ2n) is 3.16. The summed E-state index contributed by atoms with van der Waals surface area (Å²) in [5, 5.41) is 1.20. The van der Waals surface area contributed by atoms with E-state index in [1.54, 1.807) is 0 Å². The van der Waals surface area contributed by atoms with Gasteiger partial charge in [-0.15, -0.1) is 0 Å².